The molecule has 0 radical (unpaired) electrons. The number of ether oxygens (including phenoxy) is 1. The molecule has 0 saturated carbocycles. The van der Waals surface area contributed by atoms with Crippen molar-refractivity contribution in [3.8, 4) is 0 Å². The van der Waals surface area contributed by atoms with Crippen molar-refractivity contribution in [2.45, 2.75) is 32.5 Å². The van der Waals surface area contributed by atoms with E-state index < -0.39 is 0 Å². The third kappa shape index (κ3) is 3.19. The molecule has 0 aromatic carbocycles. The van der Waals surface area contributed by atoms with Gasteiger partial charge in [0.15, 0.2) is 0 Å². The molecular formula is C19H24N4O4. The lowest BCUT2D eigenvalue weighted by Crippen LogP contribution is -2.50. The summed E-state index contributed by atoms with van der Waals surface area (Å²) in [6.45, 7) is 7.05. The van der Waals surface area contributed by atoms with Gasteiger partial charge in [0.05, 0.1) is 24.4 Å². The van der Waals surface area contributed by atoms with Crippen LogP contribution in [0, 0.1) is 13.8 Å². The molecule has 2 aromatic heterocycles. The Morgan fingerprint density at radius 1 is 1.33 bits per heavy atom. The molecule has 2 unspecified atom stereocenters. The smallest absolute Gasteiger partial charge is 0.263 e. The molecule has 0 spiro atoms. The van der Waals surface area contributed by atoms with Crippen LogP contribution in [0.2, 0.25) is 0 Å². The molecule has 4 rings (SSSR count). The minimum Gasteiger partial charge on any atom is -0.373 e. The molecule has 1 amide bonds. The number of aromatic nitrogens is 2. The van der Waals surface area contributed by atoms with Crippen molar-refractivity contribution in [3.63, 3.8) is 0 Å². The van der Waals surface area contributed by atoms with Crippen LogP contribution in [0.25, 0.3) is 0 Å². The highest BCUT2D eigenvalue weighted by molar-refractivity contribution is 5.94. The number of likely N-dealkylation sites (tertiary alicyclic amines) is 1. The van der Waals surface area contributed by atoms with Gasteiger partial charge in [0, 0.05) is 45.0 Å². The molecule has 8 nitrogen and oxygen atoms in total. The molecule has 0 N–H and O–H groups in total. The standard InChI is InChI=1S/C19H24N4O4/c1-12-15(13(2)27-20-12)9-22-7-8-26-17-11-23(10-16(17)22)19(25)14-5-4-6-21(3)18(14)24/h4-6,16-17H,7-11H2,1-3H3. The van der Waals surface area contributed by atoms with E-state index in [2.05, 4.69) is 10.1 Å². The number of pyridine rings is 1. The predicted octanol–water partition coefficient (Wildman–Crippen LogP) is 0.716. The van der Waals surface area contributed by atoms with E-state index in [1.54, 1.807) is 30.3 Å². The van der Waals surface area contributed by atoms with Crippen molar-refractivity contribution < 1.29 is 14.1 Å². The maximum atomic E-state index is 12.9. The van der Waals surface area contributed by atoms with Crippen molar-refractivity contribution in [3.05, 3.63) is 51.3 Å². The fraction of sp³-hybridized carbons (Fsp3) is 0.526. The first-order chi connectivity index (χ1) is 13.0. The number of hydrogen-bond donors (Lipinski definition) is 0. The summed E-state index contributed by atoms with van der Waals surface area (Å²) in [5.74, 6) is 0.598. The third-order valence-electron chi connectivity index (χ3n) is 5.60. The van der Waals surface area contributed by atoms with Crippen LogP contribution >= 0.6 is 0 Å². The Labute approximate surface area is 157 Å². The molecule has 27 heavy (non-hydrogen) atoms. The van der Waals surface area contributed by atoms with Crippen LogP contribution in [0.5, 0.6) is 0 Å². The molecule has 2 saturated heterocycles. The van der Waals surface area contributed by atoms with Crippen molar-refractivity contribution in [2.75, 3.05) is 26.2 Å². The van der Waals surface area contributed by atoms with E-state index in [4.69, 9.17) is 9.26 Å². The molecule has 2 fully saturated rings. The van der Waals surface area contributed by atoms with Gasteiger partial charge in [0.1, 0.15) is 11.3 Å². The van der Waals surface area contributed by atoms with Crippen LogP contribution in [0.1, 0.15) is 27.4 Å². The molecule has 2 aliphatic rings. The van der Waals surface area contributed by atoms with Crippen LogP contribution in [0.3, 0.4) is 0 Å². The highest BCUT2D eigenvalue weighted by Gasteiger charge is 2.42. The molecular weight excluding hydrogens is 348 g/mol. The quantitative estimate of drug-likeness (QED) is 0.790. The van der Waals surface area contributed by atoms with E-state index in [9.17, 15) is 9.59 Å². The van der Waals surface area contributed by atoms with Crippen molar-refractivity contribution in [1.82, 2.24) is 19.5 Å². The Balaban J connectivity index is 1.53. The summed E-state index contributed by atoms with van der Waals surface area (Å²) in [6, 6.07) is 3.41. The number of morpholine rings is 1. The Hall–Kier alpha value is -2.45. The van der Waals surface area contributed by atoms with Gasteiger partial charge < -0.3 is 18.7 Å². The monoisotopic (exact) mass is 372 g/mol. The number of rotatable bonds is 3. The zero-order valence-corrected chi connectivity index (χ0v) is 15.8. The number of fused-ring (bicyclic) bond motifs is 1. The first-order valence-electron chi connectivity index (χ1n) is 9.18. The van der Waals surface area contributed by atoms with Gasteiger partial charge in [0.2, 0.25) is 0 Å². The van der Waals surface area contributed by atoms with Crippen LogP contribution in [-0.4, -0.2) is 63.8 Å². The van der Waals surface area contributed by atoms with Crippen LogP contribution in [0.4, 0.5) is 0 Å². The fourth-order valence-corrected chi connectivity index (χ4v) is 3.98. The minimum absolute atomic E-state index is 0.0456. The second-order valence-corrected chi connectivity index (χ2v) is 7.30. The summed E-state index contributed by atoms with van der Waals surface area (Å²) in [4.78, 5) is 29.3. The highest BCUT2D eigenvalue weighted by atomic mass is 16.5. The van der Waals surface area contributed by atoms with Gasteiger partial charge in [-0.25, -0.2) is 0 Å². The highest BCUT2D eigenvalue weighted by Crippen LogP contribution is 2.26. The summed E-state index contributed by atoms with van der Waals surface area (Å²) >= 11 is 0. The Bertz CT molecular complexity index is 899. The summed E-state index contributed by atoms with van der Waals surface area (Å²) < 4.78 is 12.6. The van der Waals surface area contributed by atoms with E-state index >= 15 is 0 Å². The normalized spacial score (nSPS) is 22.9. The Kier molecular flexibility index (Phi) is 4.61. The van der Waals surface area contributed by atoms with Crippen LogP contribution < -0.4 is 5.56 Å². The molecule has 2 aromatic rings. The summed E-state index contributed by atoms with van der Waals surface area (Å²) in [5.41, 5.74) is 1.92. The molecule has 2 atom stereocenters. The van der Waals surface area contributed by atoms with Crippen LogP contribution in [-0.2, 0) is 18.3 Å². The zero-order valence-electron chi connectivity index (χ0n) is 15.8. The molecule has 4 heterocycles. The first kappa shape index (κ1) is 17.9. The minimum atomic E-state index is -0.272. The maximum absolute atomic E-state index is 12.9. The number of amides is 1. The summed E-state index contributed by atoms with van der Waals surface area (Å²) in [6.07, 6.45) is 1.60. The lowest BCUT2D eigenvalue weighted by Gasteiger charge is -2.36. The van der Waals surface area contributed by atoms with Gasteiger partial charge in [-0.2, -0.15) is 0 Å². The third-order valence-corrected chi connectivity index (χ3v) is 5.60. The molecule has 0 bridgehead atoms. The van der Waals surface area contributed by atoms with Crippen molar-refractivity contribution >= 4 is 5.91 Å². The number of hydrogen-bond acceptors (Lipinski definition) is 6. The predicted molar refractivity (Wildman–Crippen MR) is 97.5 cm³/mol. The topological polar surface area (TPSA) is 80.8 Å². The van der Waals surface area contributed by atoms with Gasteiger partial charge >= 0.3 is 0 Å². The molecule has 0 aliphatic carbocycles. The number of carbonyl (C=O) groups is 1. The second-order valence-electron chi connectivity index (χ2n) is 7.30. The Morgan fingerprint density at radius 2 is 2.15 bits per heavy atom. The van der Waals surface area contributed by atoms with Gasteiger partial charge in [-0.15, -0.1) is 0 Å². The largest absolute Gasteiger partial charge is 0.373 e. The van der Waals surface area contributed by atoms with Crippen molar-refractivity contribution in [2.24, 2.45) is 7.05 Å². The van der Waals surface area contributed by atoms with E-state index in [1.165, 1.54) is 4.57 Å². The van der Waals surface area contributed by atoms with Gasteiger partial charge in [-0.05, 0) is 26.0 Å². The van der Waals surface area contributed by atoms with Gasteiger partial charge in [-0.3, -0.25) is 14.5 Å². The van der Waals surface area contributed by atoms with E-state index in [1.807, 2.05) is 13.8 Å². The van der Waals surface area contributed by atoms with E-state index in [0.717, 1.165) is 30.1 Å². The van der Waals surface area contributed by atoms with Crippen molar-refractivity contribution in [1.29, 1.82) is 0 Å². The number of aryl methyl sites for hydroxylation is 3. The first-order valence-corrected chi connectivity index (χ1v) is 9.18. The lowest BCUT2D eigenvalue weighted by molar-refractivity contribution is -0.0505. The number of nitrogens with zero attached hydrogens (tertiary/aromatic N) is 4. The van der Waals surface area contributed by atoms with Crippen LogP contribution in [0.15, 0.2) is 27.6 Å². The average molecular weight is 372 g/mol. The fourth-order valence-electron chi connectivity index (χ4n) is 3.98. The SMILES string of the molecule is Cc1noc(C)c1CN1CCOC2CN(C(=O)c3cccn(C)c3=O)CC21. The van der Waals surface area contributed by atoms with Gasteiger partial charge in [-0.1, -0.05) is 5.16 Å². The lowest BCUT2D eigenvalue weighted by atomic mass is 10.1. The Morgan fingerprint density at radius 3 is 2.89 bits per heavy atom. The maximum Gasteiger partial charge on any atom is 0.263 e. The molecule has 2 aliphatic heterocycles. The number of carbonyl (C=O) groups excluding carboxylic acids is 1. The summed E-state index contributed by atoms with van der Waals surface area (Å²) in [7, 11) is 1.65. The average Bonchev–Trinajstić information content (AvgIpc) is 3.22. The zero-order chi connectivity index (χ0) is 19.1. The van der Waals surface area contributed by atoms with Gasteiger partial charge in [0.25, 0.3) is 11.5 Å². The molecule has 8 heteroatoms. The van der Waals surface area contributed by atoms with E-state index in [0.29, 0.717) is 19.7 Å². The summed E-state index contributed by atoms with van der Waals surface area (Å²) in [5, 5.41) is 4.03. The van der Waals surface area contributed by atoms with E-state index in [-0.39, 0.29) is 29.2 Å². The molecule has 144 valence electrons. The second kappa shape index (κ2) is 6.94.